The largest absolute Gasteiger partial charge is 0.378 e. The number of hydrogen-bond donors (Lipinski definition) is 1. The minimum Gasteiger partial charge on any atom is -0.378 e. The van der Waals surface area contributed by atoms with Crippen molar-refractivity contribution in [3.63, 3.8) is 0 Å². The van der Waals surface area contributed by atoms with Gasteiger partial charge in [0.25, 0.3) is 5.91 Å². The zero-order valence-electron chi connectivity index (χ0n) is 20.9. The minimum absolute atomic E-state index is 0.0521. The fourth-order valence-corrected chi connectivity index (χ4v) is 5.26. The number of tetrazole rings is 1. The van der Waals surface area contributed by atoms with E-state index in [4.69, 9.17) is 9.73 Å². The highest BCUT2D eigenvalue weighted by Crippen LogP contribution is 2.36. The molecule has 3 heterocycles. The van der Waals surface area contributed by atoms with Crippen LogP contribution in [-0.4, -0.2) is 56.0 Å². The molecular weight excluding hydrogens is 464 g/mol. The van der Waals surface area contributed by atoms with Gasteiger partial charge < -0.3 is 4.74 Å². The van der Waals surface area contributed by atoms with Crippen LogP contribution in [-0.2, 0) is 16.1 Å². The van der Waals surface area contributed by atoms with E-state index in [1.165, 1.54) is 11.1 Å². The Morgan fingerprint density at radius 1 is 1.00 bits per heavy atom. The van der Waals surface area contributed by atoms with Crippen LogP contribution in [0.25, 0.3) is 33.6 Å². The van der Waals surface area contributed by atoms with Gasteiger partial charge >= 0.3 is 0 Å². The lowest BCUT2D eigenvalue weighted by molar-refractivity contribution is -0.131. The van der Waals surface area contributed by atoms with Crippen LogP contribution in [0, 0.1) is 6.92 Å². The van der Waals surface area contributed by atoms with Crippen LogP contribution in [0.15, 0.2) is 71.7 Å². The van der Waals surface area contributed by atoms with E-state index < -0.39 is 5.54 Å². The van der Waals surface area contributed by atoms with Crippen LogP contribution in [0.4, 0.5) is 0 Å². The summed E-state index contributed by atoms with van der Waals surface area (Å²) in [5, 5.41) is 14.8. The normalized spacial score (nSPS) is 19.1. The molecule has 2 aliphatic rings. The van der Waals surface area contributed by atoms with Crippen molar-refractivity contribution in [1.82, 2.24) is 25.5 Å². The average molecular weight is 493 g/mol. The van der Waals surface area contributed by atoms with Gasteiger partial charge in [0.1, 0.15) is 5.84 Å². The van der Waals surface area contributed by atoms with Crippen molar-refractivity contribution in [2.24, 2.45) is 4.99 Å². The third kappa shape index (κ3) is 4.13. The van der Waals surface area contributed by atoms with E-state index >= 15 is 0 Å². The number of rotatable bonds is 6. The van der Waals surface area contributed by atoms with Gasteiger partial charge in [0.2, 0.25) is 5.82 Å². The number of carbonyl (C=O) groups excluding carboxylic acids is 1. The molecule has 1 fully saturated rings. The Bertz CT molecular complexity index is 1470. The highest BCUT2D eigenvalue weighted by Gasteiger charge is 2.50. The summed E-state index contributed by atoms with van der Waals surface area (Å²) in [5.74, 6) is 1.44. The molecule has 0 radical (unpaired) electrons. The number of nitrogens with zero attached hydrogens (tertiary/aromatic N) is 5. The first kappa shape index (κ1) is 23.2. The third-order valence-electron chi connectivity index (χ3n) is 7.28. The van der Waals surface area contributed by atoms with Crippen molar-refractivity contribution < 1.29 is 9.53 Å². The lowest BCUT2D eigenvalue weighted by Crippen LogP contribution is -2.42. The topological polar surface area (TPSA) is 96.4 Å². The fourth-order valence-electron chi connectivity index (χ4n) is 5.26. The van der Waals surface area contributed by atoms with Crippen molar-refractivity contribution >= 4 is 11.7 Å². The molecule has 3 aromatic carbocycles. The molecule has 1 aromatic heterocycles. The van der Waals surface area contributed by atoms with Crippen molar-refractivity contribution in [3.05, 3.63) is 77.9 Å². The number of aliphatic imine (C=N–C) groups is 1. The summed E-state index contributed by atoms with van der Waals surface area (Å²) in [7, 11) is 0. The van der Waals surface area contributed by atoms with Crippen LogP contribution in [0.3, 0.4) is 0 Å². The van der Waals surface area contributed by atoms with E-state index in [-0.39, 0.29) is 5.91 Å². The Morgan fingerprint density at radius 3 is 2.51 bits per heavy atom. The molecule has 1 N–H and O–H groups in total. The number of aryl methyl sites for hydroxylation is 1. The molecule has 0 bridgehead atoms. The lowest BCUT2D eigenvalue weighted by atomic mass is 9.92. The molecule has 1 amide bonds. The van der Waals surface area contributed by atoms with Gasteiger partial charge in [-0.15, -0.1) is 10.2 Å². The number of hydrogen-bond acceptors (Lipinski definition) is 6. The predicted octanol–water partition coefficient (Wildman–Crippen LogP) is 4.82. The smallest absolute Gasteiger partial charge is 0.258 e. The number of aromatic amines is 1. The SMILES string of the molecule is CCC1=NC2(CCOC2)C(=O)N1Cc1ccc(-c2cc(-c3ccccc3C)ccc2-c2nn[nH]n2)cc1. The summed E-state index contributed by atoms with van der Waals surface area (Å²) in [6.45, 7) is 5.61. The zero-order chi connectivity index (χ0) is 25.4. The molecule has 2 aliphatic heterocycles. The Balaban J connectivity index is 1.33. The lowest BCUT2D eigenvalue weighted by Gasteiger charge is -2.21. The van der Waals surface area contributed by atoms with Crippen molar-refractivity contribution in [2.45, 2.75) is 38.8 Å². The molecule has 0 aliphatic carbocycles. The van der Waals surface area contributed by atoms with Gasteiger partial charge in [-0.1, -0.05) is 61.5 Å². The molecule has 1 unspecified atom stereocenters. The summed E-state index contributed by atoms with van der Waals surface area (Å²) in [4.78, 5) is 19.9. The second-order valence-corrected chi connectivity index (χ2v) is 9.61. The van der Waals surface area contributed by atoms with Crippen LogP contribution in [0.2, 0.25) is 0 Å². The molecule has 1 spiro atoms. The Kier molecular flexibility index (Phi) is 5.88. The highest BCUT2D eigenvalue weighted by atomic mass is 16.5. The maximum atomic E-state index is 13.3. The van der Waals surface area contributed by atoms with Crippen molar-refractivity contribution in [1.29, 1.82) is 0 Å². The number of aromatic nitrogens is 4. The summed E-state index contributed by atoms with van der Waals surface area (Å²) >= 11 is 0. The van der Waals surface area contributed by atoms with Gasteiger partial charge in [-0.05, 0) is 57.7 Å². The summed E-state index contributed by atoms with van der Waals surface area (Å²) in [5.41, 5.74) is 6.80. The quantitative estimate of drug-likeness (QED) is 0.416. The first-order valence-electron chi connectivity index (χ1n) is 12.6. The molecular formula is C29H28N6O2. The minimum atomic E-state index is -0.721. The Labute approximate surface area is 215 Å². The average Bonchev–Trinajstić information content (AvgIpc) is 3.68. The molecule has 0 saturated carbocycles. The van der Waals surface area contributed by atoms with E-state index in [1.807, 2.05) is 24.0 Å². The fraction of sp³-hybridized carbons (Fsp3) is 0.276. The van der Waals surface area contributed by atoms with Gasteiger partial charge in [-0.25, -0.2) is 0 Å². The van der Waals surface area contributed by atoms with Crippen LogP contribution in [0.5, 0.6) is 0 Å². The van der Waals surface area contributed by atoms with Crippen molar-refractivity contribution in [3.8, 4) is 33.6 Å². The first-order valence-corrected chi connectivity index (χ1v) is 12.6. The Hall–Kier alpha value is -4.17. The van der Waals surface area contributed by atoms with Crippen LogP contribution < -0.4 is 0 Å². The zero-order valence-corrected chi connectivity index (χ0v) is 20.9. The number of ether oxygens (including phenoxy) is 1. The van der Waals surface area contributed by atoms with Gasteiger partial charge in [0.15, 0.2) is 5.54 Å². The number of amides is 1. The monoisotopic (exact) mass is 492 g/mol. The van der Waals surface area contributed by atoms with Crippen LogP contribution in [0.1, 0.15) is 30.9 Å². The van der Waals surface area contributed by atoms with E-state index in [9.17, 15) is 4.79 Å². The number of nitrogens with one attached hydrogen (secondary N) is 1. The summed E-state index contributed by atoms with van der Waals surface area (Å²) in [6, 6.07) is 23.0. The molecule has 37 heavy (non-hydrogen) atoms. The third-order valence-corrected chi connectivity index (χ3v) is 7.28. The maximum absolute atomic E-state index is 13.3. The number of H-pyrrole nitrogens is 1. The molecule has 1 atom stereocenters. The summed E-state index contributed by atoms with van der Waals surface area (Å²) < 4.78 is 5.53. The van der Waals surface area contributed by atoms with E-state index in [1.54, 1.807) is 0 Å². The molecule has 6 rings (SSSR count). The van der Waals surface area contributed by atoms with Gasteiger partial charge in [-0.2, -0.15) is 5.21 Å². The number of amidine groups is 1. The highest BCUT2D eigenvalue weighted by molar-refractivity contribution is 6.08. The first-order chi connectivity index (χ1) is 18.1. The van der Waals surface area contributed by atoms with E-state index in [0.717, 1.165) is 33.7 Å². The molecule has 8 heteroatoms. The molecule has 4 aromatic rings. The predicted molar refractivity (Wildman–Crippen MR) is 142 cm³/mol. The van der Waals surface area contributed by atoms with Gasteiger partial charge in [0.05, 0.1) is 13.2 Å². The molecule has 8 nitrogen and oxygen atoms in total. The second-order valence-electron chi connectivity index (χ2n) is 9.61. The number of carbonyl (C=O) groups is 1. The number of benzene rings is 3. The van der Waals surface area contributed by atoms with Gasteiger partial charge in [-0.3, -0.25) is 14.7 Å². The van der Waals surface area contributed by atoms with E-state index in [0.29, 0.717) is 38.4 Å². The Morgan fingerprint density at radius 2 is 1.81 bits per heavy atom. The molecule has 1 saturated heterocycles. The van der Waals surface area contributed by atoms with Crippen molar-refractivity contribution in [2.75, 3.05) is 13.2 Å². The van der Waals surface area contributed by atoms with E-state index in [2.05, 4.69) is 82.1 Å². The second kappa shape index (κ2) is 9.37. The van der Waals surface area contributed by atoms with Crippen LogP contribution >= 0.6 is 0 Å². The van der Waals surface area contributed by atoms with Gasteiger partial charge in [0, 0.05) is 25.0 Å². The molecule has 186 valence electrons. The summed E-state index contributed by atoms with van der Waals surface area (Å²) in [6.07, 6.45) is 1.37. The standard InChI is InChI=1S/C29H28N6O2/c1-3-26-30-29(14-15-37-18-29)28(36)35(26)17-20-8-10-21(11-9-20)25-16-22(23-7-5-4-6-19(23)2)12-13-24(25)27-31-33-34-32-27/h4-13,16H,3,14-15,17-18H2,1-2H3,(H,31,32,33,34). The maximum Gasteiger partial charge on any atom is 0.258 e.